The van der Waals surface area contributed by atoms with Gasteiger partial charge in [-0.3, -0.25) is 0 Å². The SMILES string of the molecule is OC1CCCCC1NCc1ccc(F)cc1Cl. The highest BCUT2D eigenvalue weighted by Gasteiger charge is 2.22. The van der Waals surface area contributed by atoms with Crippen molar-refractivity contribution in [2.75, 3.05) is 0 Å². The molecule has 1 fully saturated rings. The molecule has 2 atom stereocenters. The number of benzene rings is 1. The molecule has 0 amide bonds. The highest BCUT2D eigenvalue weighted by Crippen LogP contribution is 2.21. The van der Waals surface area contributed by atoms with E-state index in [0.717, 1.165) is 31.2 Å². The minimum Gasteiger partial charge on any atom is -0.392 e. The highest BCUT2D eigenvalue weighted by atomic mass is 35.5. The molecule has 1 aliphatic carbocycles. The molecule has 1 aromatic carbocycles. The third-order valence-electron chi connectivity index (χ3n) is 3.30. The Balaban J connectivity index is 1.92. The number of hydrogen-bond donors (Lipinski definition) is 2. The molecule has 1 aliphatic rings. The van der Waals surface area contributed by atoms with Gasteiger partial charge in [-0.1, -0.05) is 30.5 Å². The number of aliphatic hydroxyl groups is 1. The van der Waals surface area contributed by atoms with Gasteiger partial charge >= 0.3 is 0 Å². The van der Waals surface area contributed by atoms with Gasteiger partial charge in [-0.2, -0.15) is 0 Å². The van der Waals surface area contributed by atoms with Crippen LogP contribution in [0.2, 0.25) is 5.02 Å². The predicted octanol–water partition coefficient (Wildman–Crippen LogP) is 2.87. The van der Waals surface area contributed by atoms with Crippen LogP contribution in [0.25, 0.3) is 0 Å². The minimum atomic E-state index is -0.323. The van der Waals surface area contributed by atoms with Crippen LogP contribution in [0.4, 0.5) is 4.39 Å². The number of nitrogens with one attached hydrogen (secondary N) is 1. The molecule has 1 saturated carbocycles. The Bertz CT molecular complexity index is 386. The molecule has 2 unspecified atom stereocenters. The molecule has 2 N–H and O–H groups in total. The second-order valence-corrected chi connectivity index (χ2v) is 4.98. The van der Waals surface area contributed by atoms with Crippen molar-refractivity contribution >= 4 is 11.6 Å². The Labute approximate surface area is 106 Å². The molecule has 4 heteroatoms. The molecule has 2 rings (SSSR count). The molecule has 2 nitrogen and oxygen atoms in total. The summed E-state index contributed by atoms with van der Waals surface area (Å²) in [4.78, 5) is 0. The topological polar surface area (TPSA) is 32.3 Å². The zero-order valence-corrected chi connectivity index (χ0v) is 10.4. The number of rotatable bonds is 3. The molecule has 0 spiro atoms. The average Bonchev–Trinajstić information content (AvgIpc) is 2.30. The second kappa shape index (κ2) is 5.80. The highest BCUT2D eigenvalue weighted by molar-refractivity contribution is 6.31. The largest absolute Gasteiger partial charge is 0.392 e. The molecule has 94 valence electrons. The average molecular weight is 258 g/mol. The van der Waals surface area contributed by atoms with E-state index in [1.807, 2.05) is 0 Å². The van der Waals surface area contributed by atoms with Gasteiger partial charge in [0.1, 0.15) is 5.82 Å². The van der Waals surface area contributed by atoms with E-state index in [1.54, 1.807) is 6.07 Å². The van der Waals surface area contributed by atoms with Gasteiger partial charge in [-0.15, -0.1) is 0 Å². The van der Waals surface area contributed by atoms with E-state index in [-0.39, 0.29) is 18.0 Å². The van der Waals surface area contributed by atoms with Gasteiger partial charge in [0.15, 0.2) is 0 Å². The summed E-state index contributed by atoms with van der Waals surface area (Å²) in [7, 11) is 0. The van der Waals surface area contributed by atoms with Gasteiger partial charge in [-0.05, 0) is 30.5 Å². The van der Waals surface area contributed by atoms with Crippen molar-refractivity contribution in [2.24, 2.45) is 0 Å². The summed E-state index contributed by atoms with van der Waals surface area (Å²) < 4.78 is 12.9. The van der Waals surface area contributed by atoms with Gasteiger partial charge in [0, 0.05) is 17.6 Å². The van der Waals surface area contributed by atoms with Crippen LogP contribution in [0, 0.1) is 5.82 Å². The van der Waals surface area contributed by atoms with Gasteiger partial charge in [0.25, 0.3) is 0 Å². The maximum absolute atomic E-state index is 12.9. The Morgan fingerprint density at radius 3 is 2.82 bits per heavy atom. The van der Waals surface area contributed by atoms with Crippen LogP contribution in [0.3, 0.4) is 0 Å². The molecule has 1 aromatic rings. The summed E-state index contributed by atoms with van der Waals surface area (Å²) >= 11 is 5.94. The molecular weight excluding hydrogens is 241 g/mol. The summed E-state index contributed by atoms with van der Waals surface area (Å²) in [6, 6.07) is 4.53. The lowest BCUT2D eigenvalue weighted by Crippen LogP contribution is -2.41. The van der Waals surface area contributed by atoms with Gasteiger partial charge in [0.05, 0.1) is 6.10 Å². The molecule has 0 radical (unpaired) electrons. The predicted molar refractivity (Wildman–Crippen MR) is 66.5 cm³/mol. The lowest BCUT2D eigenvalue weighted by Gasteiger charge is -2.28. The van der Waals surface area contributed by atoms with Crippen molar-refractivity contribution in [3.05, 3.63) is 34.6 Å². The van der Waals surface area contributed by atoms with Crippen LogP contribution in [-0.2, 0) is 6.54 Å². The summed E-state index contributed by atoms with van der Waals surface area (Å²) in [5.41, 5.74) is 0.867. The molecule has 0 saturated heterocycles. The molecule has 0 heterocycles. The maximum Gasteiger partial charge on any atom is 0.124 e. The van der Waals surface area contributed by atoms with Crippen LogP contribution in [-0.4, -0.2) is 17.3 Å². The summed E-state index contributed by atoms with van der Waals surface area (Å²) in [6.07, 6.45) is 3.81. The van der Waals surface area contributed by atoms with E-state index in [4.69, 9.17) is 11.6 Å². The fourth-order valence-electron chi connectivity index (χ4n) is 2.26. The van der Waals surface area contributed by atoms with Crippen LogP contribution >= 0.6 is 11.6 Å². The zero-order chi connectivity index (χ0) is 12.3. The maximum atomic E-state index is 12.9. The van der Waals surface area contributed by atoms with Gasteiger partial charge < -0.3 is 10.4 Å². The Kier molecular flexibility index (Phi) is 4.37. The van der Waals surface area contributed by atoms with E-state index in [2.05, 4.69) is 5.32 Å². The quantitative estimate of drug-likeness (QED) is 0.873. The van der Waals surface area contributed by atoms with E-state index in [9.17, 15) is 9.50 Å². The number of aliphatic hydroxyl groups excluding tert-OH is 1. The van der Waals surface area contributed by atoms with Crippen molar-refractivity contribution in [1.82, 2.24) is 5.32 Å². The van der Waals surface area contributed by atoms with E-state index < -0.39 is 0 Å². The molecular formula is C13H17ClFNO. The van der Waals surface area contributed by atoms with Crippen molar-refractivity contribution in [2.45, 2.75) is 44.4 Å². The first-order valence-electron chi connectivity index (χ1n) is 6.02. The third-order valence-corrected chi connectivity index (χ3v) is 3.65. The first-order valence-corrected chi connectivity index (χ1v) is 6.40. The lowest BCUT2D eigenvalue weighted by molar-refractivity contribution is 0.0902. The van der Waals surface area contributed by atoms with Crippen molar-refractivity contribution in [3.8, 4) is 0 Å². The number of halogens is 2. The van der Waals surface area contributed by atoms with Gasteiger partial charge in [-0.25, -0.2) is 4.39 Å². The van der Waals surface area contributed by atoms with E-state index in [0.29, 0.717) is 11.6 Å². The Morgan fingerprint density at radius 2 is 2.12 bits per heavy atom. The first-order chi connectivity index (χ1) is 8.16. The van der Waals surface area contributed by atoms with Crippen molar-refractivity contribution < 1.29 is 9.50 Å². The fourth-order valence-corrected chi connectivity index (χ4v) is 2.49. The smallest absolute Gasteiger partial charge is 0.124 e. The Hall–Kier alpha value is -0.640. The summed E-state index contributed by atoms with van der Waals surface area (Å²) in [5.74, 6) is -0.323. The van der Waals surface area contributed by atoms with Crippen LogP contribution in [0.5, 0.6) is 0 Å². The minimum absolute atomic E-state index is 0.130. The third kappa shape index (κ3) is 3.41. The molecule has 0 aromatic heterocycles. The van der Waals surface area contributed by atoms with E-state index in [1.165, 1.54) is 12.1 Å². The van der Waals surface area contributed by atoms with Crippen LogP contribution < -0.4 is 5.32 Å². The van der Waals surface area contributed by atoms with Gasteiger partial charge in [0.2, 0.25) is 0 Å². The Morgan fingerprint density at radius 1 is 1.35 bits per heavy atom. The fraction of sp³-hybridized carbons (Fsp3) is 0.538. The molecule has 17 heavy (non-hydrogen) atoms. The van der Waals surface area contributed by atoms with E-state index >= 15 is 0 Å². The van der Waals surface area contributed by atoms with Crippen molar-refractivity contribution in [1.29, 1.82) is 0 Å². The summed E-state index contributed by atoms with van der Waals surface area (Å²) in [5, 5.41) is 13.5. The molecule has 0 aliphatic heterocycles. The van der Waals surface area contributed by atoms with Crippen LogP contribution in [0.1, 0.15) is 31.2 Å². The van der Waals surface area contributed by atoms with Crippen molar-refractivity contribution in [3.63, 3.8) is 0 Å². The first kappa shape index (κ1) is 12.8. The molecule has 0 bridgehead atoms. The zero-order valence-electron chi connectivity index (χ0n) is 9.63. The normalized spacial score (nSPS) is 24.9. The number of hydrogen-bond acceptors (Lipinski definition) is 2. The standard InChI is InChI=1S/C13H17ClFNO/c14-11-7-10(15)6-5-9(11)8-16-12-3-1-2-4-13(12)17/h5-7,12-13,16-17H,1-4,8H2. The second-order valence-electron chi connectivity index (χ2n) is 4.57. The lowest BCUT2D eigenvalue weighted by atomic mass is 9.92. The van der Waals surface area contributed by atoms with Crippen LogP contribution in [0.15, 0.2) is 18.2 Å². The monoisotopic (exact) mass is 257 g/mol. The summed E-state index contributed by atoms with van der Waals surface area (Å²) in [6.45, 7) is 0.570.